The fourth-order valence-corrected chi connectivity index (χ4v) is 2.18. The van der Waals surface area contributed by atoms with Crippen molar-refractivity contribution in [3.8, 4) is 5.75 Å². The van der Waals surface area contributed by atoms with E-state index in [1.807, 2.05) is 25.1 Å². The molecule has 1 amide bonds. The van der Waals surface area contributed by atoms with Crippen LogP contribution in [0.1, 0.15) is 22.5 Å². The number of carbonyl (C=O) groups excluding carboxylic acids is 1. The van der Waals surface area contributed by atoms with Gasteiger partial charge in [0, 0.05) is 17.6 Å². The summed E-state index contributed by atoms with van der Waals surface area (Å²) in [5, 5.41) is 3.75. The molecule has 0 bridgehead atoms. The van der Waals surface area contributed by atoms with Crippen LogP contribution in [0.3, 0.4) is 0 Å². The molecular formula is C14H19N3O2. The van der Waals surface area contributed by atoms with Gasteiger partial charge in [0.1, 0.15) is 5.75 Å². The van der Waals surface area contributed by atoms with E-state index in [0.29, 0.717) is 18.7 Å². The van der Waals surface area contributed by atoms with Gasteiger partial charge in [-0.15, -0.1) is 0 Å². The highest BCUT2D eigenvalue weighted by atomic mass is 16.5. The Bertz CT molecular complexity index is 590. The van der Waals surface area contributed by atoms with Crippen LogP contribution in [0.15, 0.2) is 18.2 Å². The summed E-state index contributed by atoms with van der Waals surface area (Å²) in [5.74, 6) is 0.659. The molecule has 0 saturated heterocycles. The molecule has 0 atom stereocenters. The lowest BCUT2D eigenvalue weighted by atomic mass is 10.1. The van der Waals surface area contributed by atoms with E-state index in [-0.39, 0.29) is 5.91 Å². The molecule has 19 heavy (non-hydrogen) atoms. The highest BCUT2D eigenvalue weighted by Gasteiger charge is 2.17. The molecule has 5 nitrogen and oxygen atoms in total. The summed E-state index contributed by atoms with van der Waals surface area (Å²) < 4.78 is 5.29. The molecule has 0 spiro atoms. The third-order valence-corrected chi connectivity index (χ3v) is 3.10. The molecule has 1 heterocycles. The van der Waals surface area contributed by atoms with Crippen molar-refractivity contribution in [2.24, 2.45) is 5.73 Å². The highest BCUT2D eigenvalue weighted by molar-refractivity contribution is 6.09. The minimum Gasteiger partial charge on any atom is -0.495 e. The first kappa shape index (κ1) is 13.4. The number of aryl methyl sites for hydroxylation is 1. The number of nitrogens with one attached hydrogen (secondary N) is 2. The fourth-order valence-electron chi connectivity index (χ4n) is 2.18. The Morgan fingerprint density at radius 3 is 2.95 bits per heavy atom. The van der Waals surface area contributed by atoms with E-state index >= 15 is 0 Å². The van der Waals surface area contributed by atoms with Crippen molar-refractivity contribution in [3.63, 3.8) is 0 Å². The molecule has 0 fully saturated rings. The fraction of sp³-hybridized carbons (Fsp3) is 0.357. The molecule has 5 heteroatoms. The molecule has 0 radical (unpaired) electrons. The molecular weight excluding hydrogens is 242 g/mol. The monoisotopic (exact) mass is 261 g/mol. The molecule has 0 unspecified atom stereocenters. The second-order valence-corrected chi connectivity index (χ2v) is 4.41. The number of para-hydroxylation sites is 1. The average Bonchev–Trinajstić information content (AvgIpc) is 2.74. The van der Waals surface area contributed by atoms with Crippen LogP contribution in [0, 0.1) is 6.92 Å². The third-order valence-electron chi connectivity index (χ3n) is 3.10. The first-order chi connectivity index (χ1) is 9.19. The predicted molar refractivity (Wildman–Crippen MR) is 75.6 cm³/mol. The second-order valence-electron chi connectivity index (χ2n) is 4.41. The van der Waals surface area contributed by atoms with Gasteiger partial charge in [-0.25, -0.2) is 0 Å². The third kappa shape index (κ3) is 2.56. The van der Waals surface area contributed by atoms with Gasteiger partial charge in [0.15, 0.2) is 0 Å². The number of aromatic amines is 1. The molecule has 2 rings (SSSR count). The Morgan fingerprint density at radius 1 is 1.47 bits per heavy atom. The number of nitrogens with two attached hydrogens (primary N) is 1. The molecule has 2 aromatic rings. The van der Waals surface area contributed by atoms with Crippen molar-refractivity contribution >= 4 is 16.8 Å². The van der Waals surface area contributed by atoms with Gasteiger partial charge < -0.3 is 20.8 Å². The summed E-state index contributed by atoms with van der Waals surface area (Å²) in [6.45, 7) is 3.05. The Labute approximate surface area is 112 Å². The van der Waals surface area contributed by atoms with E-state index in [2.05, 4.69) is 10.3 Å². The second kappa shape index (κ2) is 5.75. The van der Waals surface area contributed by atoms with Crippen molar-refractivity contribution in [3.05, 3.63) is 29.5 Å². The normalized spacial score (nSPS) is 10.7. The number of H-pyrrole nitrogens is 1. The lowest BCUT2D eigenvalue weighted by molar-refractivity contribution is 0.0954. The Balaban J connectivity index is 2.37. The minimum absolute atomic E-state index is 0.0783. The summed E-state index contributed by atoms with van der Waals surface area (Å²) in [6, 6.07) is 5.67. The Morgan fingerprint density at radius 2 is 2.26 bits per heavy atom. The van der Waals surface area contributed by atoms with Gasteiger partial charge in [-0.2, -0.15) is 0 Å². The minimum atomic E-state index is -0.0783. The zero-order valence-electron chi connectivity index (χ0n) is 11.2. The van der Waals surface area contributed by atoms with Crippen LogP contribution >= 0.6 is 0 Å². The van der Waals surface area contributed by atoms with E-state index < -0.39 is 0 Å². The van der Waals surface area contributed by atoms with Crippen molar-refractivity contribution in [2.75, 3.05) is 20.2 Å². The van der Waals surface area contributed by atoms with Crippen LogP contribution in [-0.2, 0) is 0 Å². The summed E-state index contributed by atoms with van der Waals surface area (Å²) in [7, 11) is 1.62. The lowest BCUT2D eigenvalue weighted by Crippen LogP contribution is -2.26. The van der Waals surface area contributed by atoms with E-state index in [4.69, 9.17) is 10.5 Å². The zero-order chi connectivity index (χ0) is 13.8. The summed E-state index contributed by atoms with van der Waals surface area (Å²) in [5.41, 5.74) is 7.78. The SMILES string of the molecule is COc1cccc2c(C(=O)NCCCN)c(C)[nH]c12. The number of carbonyl (C=O) groups is 1. The maximum Gasteiger partial charge on any atom is 0.253 e. The Kier molecular flexibility index (Phi) is 4.06. The van der Waals surface area contributed by atoms with Crippen LogP contribution in [0.5, 0.6) is 5.75 Å². The number of hydrogen-bond acceptors (Lipinski definition) is 3. The van der Waals surface area contributed by atoms with Gasteiger partial charge >= 0.3 is 0 Å². The van der Waals surface area contributed by atoms with Crippen molar-refractivity contribution in [2.45, 2.75) is 13.3 Å². The Hall–Kier alpha value is -2.01. The van der Waals surface area contributed by atoms with Crippen molar-refractivity contribution in [1.82, 2.24) is 10.3 Å². The largest absolute Gasteiger partial charge is 0.495 e. The highest BCUT2D eigenvalue weighted by Crippen LogP contribution is 2.29. The van der Waals surface area contributed by atoms with E-state index in [1.54, 1.807) is 7.11 Å². The molecule has 0 saturated carbocycles. The number of methoxy groups -OCH3 is 1. The molecule has 0 aliphatic rings. The topological polar surface area (TPSA) is 80.1 Å². The maximum absolute atomic E-state index is 12.2. The molecule has 1 aromatic carbocycles. The van der Waals surface area contributed by atoms with Crippen LogP contribution in [0.4, 0.5) is 0 Å². The molecule has 0 aliphatic carbocycles. The standard InChI is InChI=1S/C14H19N3O2/c1-9-12(14(18)16-8-4-7-15)10-5-3-6-11(19-2)13(10)17-9/h3,5-6,17H,4,7-8,15H2,1-2H3,(H,16,18). The summed E-state index contributed by atoms with van der Waals surface area (Å²) >= 11 is 0. The van der Waals surface area contributed by atoms with Gasteiger partial charge in [-0.05, 0) is 26.0 Å². The van der Waals surface area contributed by atoms with Gasteiger partial charge in [0.25, 0.3) is 5.91 Å². The number of rotatable bonds is 5. The first-order valence-corrected chi connectivity index (χ1v) is 6.32. The van der Waals surface area contributed by atoms with Crippen LogP contribution in [-0.4, -0.2) is 31.1 Å². The van der Waals surface area contributed by atoms with Crippen molar-refractivity contribution < 1.29 is 9.53 Å². The number of fused-ring (bicyclic) bond motifs is 1. The van der Waals surface area contributed by atoms with Crippen LogP contribution in [0.2, 0.25) is 0 Å². The summed E-state index contributed by atoms with van der Waals surface area (Å²) in [6.07, 6.45) is 0.774. The quantitative estimate of drug-likeness (QED) is 0.715. The van der Waals surface area contributed by atoms with Gasteiger partial charge in [0.05, 0.1) is 18.2 Å². The number of benzene rings is 1. The lowest BCUT2D eigenvalue weighted by Gasteiger charge is -2.05. The number of hydrogen-bond donors (Lipinski definition) is 3. The van der Waals surface area contributed by atoms with E-state index in [0.717, 1.165) is 28.8 Å². The number of aromatic nitrogens is 1. The van der Waals surface area contributed by atoms with E-state index in [1.165, 1.54) is 0 Å². The number of ether oxygens (including phenoxy) is 1. The van der Waals surface area contributed by atoms with Crippen LogP contribution in [0.25, 0.3) is 10.9 Å². The maximum atomic E-state index is 12.2. The van der Waals surface area contributed by atoms with E-state index in [9.17, 15) is 4.79 Å². The van der Waals surface area contributed by atoms with Gasteiger partial charge in [-0.1, -0.05) is 12.1 Å². The van der Waals surface area contributed by atoms with Crippen molar-refractivity contribution in [1.29, 1.82) is 0 Å². The first-order valence-electron chi connectivity index (χ1n) is 6.32. The van der Waals surface area contributed by atoms with Crippen LogP contribution < -0.4 is 15.8 Å². The molecule has 102 valence electrons. The van der Waals surface area contributed by atoms with Gasteiger partial charge in [0.2, 0.25) is 0 Å². The number of amides is 1. The summed E-state index contributed by atoms with van der Waals surface area (Å²) in [4.78, 5) is 15.4. The molecule has 0 aliphatic heterocycles. The zero-order valence-corrected chi connectivity index (χ0v) is 11.2. The smallest absolute Gasteiger partial charge is 0.253 e. The molecule has 4 N–H and O–H groups in total. The molecule has 1 aromatic heterocycles. The van der Waals surface area contributed by atoms with Gasteiger partial charge in [-0.3, -0.25) is 4.79 Å². The predicted octanol–water partition coefficient (Wildman–Crippen LogP) is 1.56. The average molecular weight is 261 g/mol.